The van der Waals surface area contributed by atoms with Crippen molar-refractivity contribution < 1.29 is 19.1 Å². The fourth-order valence-corrected chi connectivity index (χ4v) is 4.86. The summed E-state index contributed by atoms with van der Waals surface area (Å²) in [4.78, 5) is 27.3. The Balaban J connectivity index is 1.81. The molecule has 0 bridgehead atoms. The summed E-state index contributed by atoms with van der Waals surface area (Å²) in [5.41, 5.74) is 1.41. The largest absolute Gasteiger partial charge is 0.481 e. The van der Waals surface area contributed by atoms with E-state index in [-0.39, 0.29) is 11.7 Å². The second-order valence-corrected chi connectivity index (χ2v) is 7.50. The molecule has 1 unspecified atom stereocenters. The van der Waals surface area contributed by atoms with Crippen LogP contribution in [-0.2, 0) is 4.79 Å². The van der Waals surface area contributed by atoms with E-state index in [9.17, 15) is 19.1 Å². The number of halogens is 1. The third-order valence-electron chi connectivity index (χ3n) is 6.08. The summed E-state index contributed by atoms with van der Waals surface area (Å²) in [6.45, 7) is 0.376. The number of hydrogen-bond donors (Lipinski definition) is 1. The molecule has 1 spiro atoms. The van der Waals surface area contributed by atoms with E-state index in [1.807, 2.05) is 0 Å². The van der Waals surface area contributed by atoms with Gasteiger partial charge in [0.05, 0.1) is 5.54 Å². The Morgan fingerprint density at radius 2 is 1.92 bits per heavy atom. The van der Waals surface area contributed by atoms with Crippen LogP contribution >= 0.6 is 0 Å². The van der Waals surface area contributed by atoms with Crippen molar-refractivity contribution >= 4 is 11.9 Å². The minimum absolute atomic E-state index is 0.101. The maximum absolute atomic E-state index is 13.3. The molecule has 0 aromatic heterocycles. The van der Waals surface area contributed by atoms with Gasteiger partial charge in [0.25, 0.3) is 5.91 Å². The summed E-state index contributed by atoms with van der Waals surface area (Å²) in [5, 5.41) is 10.0. The lowest BCUT2D eigenvalue weighted by Crippen LogP contribution is -2.59. The molecule has 1 aliphatic heterocycles. The van der Waals surface area contributed by atoms with E-state index in [2.05, 4.69) is 0 Å². The van der Waals surface area contributed by atoms with Gasteiger partial charge in [0, 0.05) is 18.5 Å². The van der Waals surface area contributed by atoms with Crippen molar-refractivity contribution in [1.82, 2.24) is 4.90 Å². The molecule has 0 saturated heterocycles. The lowest BCUT2D eigenvalue weighted by Gasteiger charge is -2.49. The minimum Gasteiger partial charge on any atom is -0.481 e. The van der Waals surface area contributed by atoms with Crippen molar-refractivity contribution in [2.45, 2.75) is 50.0 Å². The number of carbonyl (C=O) groups is 2. The van der Waals surface area contributed by atoms with Gasteiger partial charge in [-0.2, -0.15) is 0 Å². The second-order valence-electron chi connectivity index (χ2n) is 7.50. The van der Waals surface area contributed by atoms with Gasteiger partial charge < -0.3 is 10.0 Å². The van der Waals surface area contributed by atoms with Crippen LogP contribution in [0.25, 0.3) is 0 Å². The van der Waals surface area contributed by atoms with Gasteiger partial charge >= 0.3 is 5.97 Å². The molecule has 5 heteroatoms. The SMILES string of the molecule is O=C(O)C1c2ccccc2C(=O)N(CC2=CC=C(F)CC2)C12CCCC2. The normalized spacial score (nSPS) is 24.3. The average Bonchev–Trinajstić information content (AvgIpc) is 3.10. The van der Waals surface area contributed by atoms with Gasteiger partial charge in [-0.1, -0.05) is 42.7 Å². The van der Waals surface area contributed by atoms with Crippen molar-refractivity contribution in [3.63, 3.8) is 0 Å². The fourth-order valence-electron chi connectivity index (χ4n) is 4.86. The number of fused-ring (bicyclic) bond motifs is 1. The topological polar surface area (TPSA) is 57.6 Å². The Morgan fingerprint density at radius 1 is 1.19 bits per heavy atom. The number of amides is 1. The molecular formula is C21H22FNO3. The highest BCUT2D eigenvalue weighted by atomic mass is 19.1. The highest BCUT2D eigenvalue weighted by Gasteiger charge is 2.55. The van der Waals surface area contributed by atoms with Gasteiger partial charge in [-0.05, 0) is 37.0 Å². The number of rotatable bonds is 3. The van der Waals surface area contributed by atoms with Gasteiger partial charge in [-0.15, -0.1) is 0 Å². The first-order chi connectivity index (χ1) is 12.5. The van der Waals surface area contributed by atoms with Crippen LogP contribution in [0.3, 0.4) is 0 Å². The quantitative estimate of drug-likeness (QED) is 0.884. The third kappa shape index (κ3) is 2.57. The Labute approximate surface area is 152 Å². The molecule has 4 rings (SSSR count). The van der Waals surface area contributed by atoms with Crippen LogP contribution in [-0.4, -0.2) is 34.0 Å². The molecule has 2 aliphatic carbocycles. The number of hydrogen-bond acceptors (Lipinski definition) is 2. The molecule has 1 aromatic carbocycles. The maximum atomic E-state index is 13.3. The molecule has 1 amide bonds. The summed E-state index contributed by atoms with van der Waals surface area (Å²) in [5.74, 6) is -1.84. The lowest BCUT2D eigenvalue weighted by atomic mass is 9.71. The highest BCUT2D eigenvalue weighted by molar-refractivity contribution is 6.01. The van der Waals surface area contributed by atoms with E-state index in [0.717, 1.165) is 18.4 Å². The second kappa shape index (κ2) is 6.38. The van der Waals surface area contributed by atoms with Crippen LogP contribution < -0.4 is 0 Å². The molecule has 26 heavy (non-hydrogen) atoms. The molecule has 4 nitrogen and oxygen atoms in total. The van der Waals surface area contributed by atoms with Crippen LogP contribution in [0.4, 0.5) is 4.39 Å². The summed E-state index contributed by atoms with van der Waals surface area (Å²) in [6, 6.07) is 7.08. The van der Waals surface area contributed by atoms with E-state index in [0.29, 0.717) is 43.4 Å². The number of carboxylic acids is 1. The summed E-state index contributed by atoms with van der Waals surface area (Å²) in [7, 11) is 0. The number of allylic oxidation sites excluding steroid dienone is 3. The van der Waals surface area contributed by atoms with Crippen LogP contribution in [0.2, 0.25) is 0 Å². The predicted molar refractivity (Wildman–Crippen MR) is 95.6 cm³/mol. The monoisotopic (exact) mass is 355 g/mol. The van der Waals surface area contributed by atoms with Crippen molar-refractivity contribution in [2.24, 2.45) is 0 Å². The minimum atomic E-state index is -0.875. The number of nitrogens with zero attached hydrogens (tertiary/aromatic N) is 1. The zero-order chi connectivity index (χ0) is 18.3. The van der Waals surface area contributed by atoms with Gasteiger partial charge in [-0.25, -0.2) is 4.39 Å². The predicted octanol–water partition coefficient (Wildman–Crippen LogP) is 4.20. The summed E-state index contributed by atoms with van der Waals surface area (Å²) >= 11 is 0. The lowest BCUT2D eigenvalue weighted by molar-refractivity contribution is -0.142. The Morgan fingerprint density at radius 3 is 2.58 bits per heavy atom. The Hall–Kier alpha value is -2.43. The summed E-state index contributed by atoms with van der Waals surface area (Å²) in [6.07, 6.45) is 7.35. The number of carbonyl (C=O) groups excluding carboxylic acids is 1. The first-order valence-electron chi connectivity index (χ1n) is 9.21. The highest BCUT2D eigenvalue weighted by Crippen LogP contribution is 2.50. The Bertz CT molecular complexity index is 820. The van der Waals surface area contributed by atoms with E-state index >= 15 is 0 Å². The molecular weight excluding hydrogens is 333 g/mol. The van der Waals surface area contributed by atoms with Crippen molar-refractivity contribution in [3.05, 3.63) is 58.9 Å². The molecule has 1 N–H and O–H groups in total. The van der Waals surface area contributed by atoms with E-state index in [4.69, 9.17) is 0 Å². The third-order valence-corrected chi connectivity index (χ3v) is 6.08. The molecule has 1 aromatic rings. The number of aliphatic carboxylic acids is 1. The zero-order valence-corrected chi connectivity index (χ0v) is 14.6. The van der Waals surface area contributed by atoms with Crippen molar-refractivity contribution in [2.75, 3.05) is 6.54 Å². The van der Waals surface area contributed by atoms with E-state index in [1.165, 1.54) is 6.08 Å². The first-order valence-corrected chi connectivity index (χ1v) is 9.21. The number of benzene rings is 1. The van der Waals surface area contributed by atoms with Gasteiger partial charge in [-0.3, -0.25) is 9.59 Å². The van der Waals surface area contributed by atoms with Gasteiger partial charge in [0.1, 0.15) is 11.7 Å². The average molecular weight is 355 g/mol. The van der Waals surface area contributed by atoms with Crippen LogP contribution in [0.5, 0.6) is 0 Å². The first kappa shape index (κ1) is 17.0. The molecule has 1 heterocycles. The number of carboxylic acid groups (broad SMARTS) is 1. The van der Waals surface area contributed by atoms with Gasteiger partial charge in [0.2, 0.25) is 0 Å². The van der Waals surface area contributed by atoms with Crippen LogP contribution in [0.15, 0.2) is 47.8 Å². The molecule has 1 atom stereocenters. The molecule has 0 radical (unpaired) electrons. The Kier molecular flexibility index (Phi) is 4.17. The molecule has 3 aliphatic rings. The van der Waals surface area contributed by atoms with Crippen molar-refractivity contribution in [1.29, 1.82) is 0 Å². The van der Waals surface area contributed by atoms with E-state index < -0.39 is 17.4 Å². The smallest absolute Gasteiger partial charge is 0.313 e. The fraction of sp³-hybridized carbons (Fsp3) is 0.429. The van der Waals surface area contributed by atoms with Crippen LogP contribution in [0.1, 0.15) is 60.4 Å². The van der Waals surface area contributed by atoms with E-state index in [1.54, 1.807) is 35.2 Å². The molecule has 1 fully saturated rings. The van der Waals surface area contributed by atoms with Crippen molar-refractivity contribution in [3.8, 4) is 0 Å². The molecule has 1 saturated carbocycles. The standard InChI is InChI=1S/C21H22FNO3/c22-15-9-7-14(8-10-15)13-23-19(24)17-6-2-1-5-16(17)18(20(25)26)21(23)11-3-4-12-21/h1-2,5-7,9,18H,3-4,8,10-13H2,(H,25,26). The molecule has 136 valence electrons. The van der Waals surface area contributed by atoms with Gasteiger partial charge in [0.15, 0.2) is 0 Å². The zero-order valence-electron chi connectivity index (χ0n) is 14.6. The van der Waals surface area contributed by atoms with Crippen LogP contribution in [0, 0.1) is 0 Å². The summed E-state index contributed by atoms with van der Waals surface area (Å²) < 4.78 is 13.3. The maximum Gasteiger partial charge on any atom is 0.313 e.